The lowest BCUT2D eigenvalue weighted by Crippen LogP contribution is -1.91. The van der Waals surface area contributed by atoms with Crippen LogP contribution in [-0.4, -0.2) is 0 Å². The van der Waals surface area contributed by atoms with Gasteiger partial charge in [0.15, 0.2) is 0 Å². The largest absolute Gasteiger partial charge is 0.455 e. The second-order valence-corrected chi connectivity index (χ2v) is 5.37. The summed E-state index contributed by atoms with van der Waals surface area (Å²) in [6.45, 7) is 0. The van der Waals surface area contributed by atoms with Crippen molar-refractivity contribution in [3.63, 3.8) is 0 Å². The molecule has 0 radical (unpaired) electrons. The molecule has 0 aliphatic rings. The summed E-state index contributed by atoms with van der Waals surface area (Å²) >= 11 is 14.0. The van der Waals surface area contributed by atoms with Gasteiger partial charge in [0, 0.05) is 10.7 Å². The van der Waals surface area contributed by atoms with E-state index in [2.05, 4.69) is 22.6 Å². The van der Waals surface area contributed by atoms with Crippen molar-refractivity contribution >= 4 is 51.5 Å². The van der Waals surface area contributed by atoms with Crippen molar-refractivity contribution in [1.82, 2.24) is 0 Å². The van der Waals surface area contributed by atoms with Gasteiger partial charge in [-0.25, -0.2) is 0 Å². The molecule has 0 saturated heterocycles. The molecule has 2 aromatic rings. The highest BCUT2D eigenvalue weighted by molar-refractivity contribution is 14.1. The Kier molecular flexibility index (Phi) is 4.01. The Bertz CT molecular complexity index is 511. The number of anilines is 1. The van der Waals surface area contributed by atoms with E-state index in [0.717, 1.165) is 3.57 Å². The minimum atomic E-state index is 0.477. The van der Waals surface area contributed by atoms with E-state index in [4.69, 9.17) is 33.7 Å². The number of hydrogen-bond acceptors (Lipinski definition) is 2. The van der Waals surface area contributed by atoms with Crippen LogP contribution >= 0.6 is 45.8 Å². The predicted octanol–water partition coefficient (Wildman–Crippen LogP) is 4.97. The summed E-state index contributed by atoms with van der Waals surface area (Å²) in [5.74, 6) is 1.28. The summed E-state index contributed by atoms with van der Waals surface area (Å²) in [7, 11) is 0. The predicted molar refractivity (Wildman–Crippen MR) is 80.1 cm³/mol. The van der Waals surface area contributed by atoms with Gasteiger partial charge in [-0.2, -0.15) is 0 Å². The van der Waals surface area contributed by atoms with E-state index in [1.54, 1.807) is 24.3 Å². The van der Waals surface area contributed by atoms with E-state index in [1.165, 1.54) is 0 Å². The second-order valence-electron chi connectivity index (χ2n) is 3.37. The Morgan fingerprint density at radius 2 is 1.71 bits per heavy atom. The molecule has 0 heterocycles. The third-order valence-corrected chi connectivity index (χ3v) is 3.44. The van der Waals surface area contributed by atoms with Crippen LogP contribution in [0.25, 0.3) is 0 Å². The first-order valence-electron chi connectivity index (χ1n) is 4.74. The SMILES string of the molecule is Nc1ccc(Oc2ccc(Cl)cc2Cl)c(I)c1. The molecule has 0 saturated carbocycles. The number of benzene rings is 2. The number of rotatable bonds is 2. The highest BCUT2D eigenvalue weighted by Crippen LogP contribution is 2.34. The standard InChI is InChI=1S/C12H8Cl2INO/c13-7-1-3-11(9(14)5-7)17-12-4-2-8(16)6-10(12)15/h1-6H,16H2. The molecule has 0 amide bonds. The maximum atomic E-state index is 6.03. The van der Waals surface area contributed by atoms with Crippen molar-refractivity contribution < 1.29 is 4.74 Å². The number of nitrogens with two attached hydrogens (primary N) is 1. The lowest BCUT2D eigenvalue weighted by molar-refractivity contribution is 0.479. The van der Waals surface area contributed by atoms with Gasteiger partial charge in [-0.05, 0) is 59.0 Å². The molecule has 5 heteroatoms. The molecule has 2 N–H and O–H groups in total. The molecule has 17 heavy (non-hydrogen) atoms. The average Bonchev–Trinajstić information content (AvgIpc) is 2.25. The Morgan fingerprint density at radius 1 is 1.00 bits per heavy atom. The average molecular weight is 380 g/mol. The fourth-order valence-corrected chi connectivity index (χ4v) is 2.37. The number of ether oxygens (including phenoxy) is 1. The molecule has 0 unspecified atom stereocenters. The highest BCUT2D eigenvalue weighted by Gasteiger charge is 2.07. The number of halogens is 3. The van der Waals surface area contributed by atoms with Gasteiger partial charge in [-0.1, -0.05) is 23.2 Å². The van der Waals surface area contributed by atoms with Gasteiger partial charge in [0.05, 0.1) is 8.59 Å². The molecule has 0 aliphatic heterocycles. The molecular weight excluding hydrogens is 372 g/mol. The molecule has 0 atom stereocenters. The summed E-state index contributed by atoms with van der Waals surface area (Å²) in [6, 6.07) is 10.5. The minimum absolute atomic E-state index is 0.477. The quantitative estimate of drug-likeness (QED) is 0.590. The molecule has 2 rings (SSSR count). The van der Waals surface area contributed by atoms with Crippen LogP contribution in [0.15, 0.2) is 36.4 Å². The zero-order chi connectivity index (χ0) is 12.4. The third kappa shape index (κ3) is 3.18. The fourth-order valence-electron chi connectivity index (χ4n) is 1.28. The Morgan fingerprint density at radius 3 is 2.35 bits per heavy atom. The first kappa shape index (κ1) is 12.8. The van der Waals surface area contributed by atoms with Crippen LogP contribution in [0, 0.1) is 3.57 Å². The van der Waals surface area contributed by atoms with Gasteiger partial charge in [0.1, 0.15) is 11.5 Å². The van der Waals surface area contributed by atoms with E-state index >= 15 is 0 Å². The summed E-state index contributed by atoms with van der Waals surface area (Å²) in [5, 5.41) is 1.06. The Balaban J connectivity index is 2.31. The van der Waals surface area contributed by atoms with Crippen LogP contribution in [0.4, 0.5) is 5.69 Å². The molecule has 88 valence electrons. The van der Waals surface area contributed by atoms with E-state index in [-0.39, 0.29) is 0 Å². The molecule has 0 bridgehead atoms. The first-order chi connectivity index (χ1) is 8.06. The third-order valence-electron chi connectivity index (χ3n) is 2.07. The normalized spacial score (nSPS) is 10.3. The maximum absolute atomic E-state index is 6.03. The zero-order valence-electron chi connectivity index (χ0n) is 8.58. The van der Waals surface area contributed by atoms with Gasteiger partial charge < -0.3 is 10.5 Å². The lowest BCUT2D eigenvalue weighted by atomic mass is 10.3. The van der Waals surface area contributed by atoms with E-state index < -0.39 is 0 Å². The fraction of sp³-hybridized carbons (Fsp3) is 0. The number of nitrogen functional groups attached to an aromatic ring is 1. The maximum Gasteiger partial charge on any atom is 0.146 e. The van der Waals surface area contributed by atoms with Crippen LogP contribution in [0.2, 0.25) is 10.0 Å². The monoisotopic (exact) mass is 379 g/mol. The first-order valence-corrected chi connectivity index (χ1v) is 6.57. The Labute approximate surface area is 123 Å². The molecule has 0 aromatic heterocycles. The van der Waals surface area contributed by atoms with Crippen molar-refractivity contribution in [1.29, 1.82) is 0 Å². The molecule has 2 nitrogen and oxygen atoms in total. The van der Waals surface area contributed by atoms with Crippen LogP contribution in [0.5, 0.6) is 11.5 Å². The summed E-state index contributed by atoms with van der Waals surface area (Å²) < 4.78 is 6.62. The van der Waals surface area contributed by atoms with Crippen LogP contribution in [-0.2, 0) is 0 Å². The van der Waals surface area contributed by atoms with Crippen molar-refractivity contribution in [2.75, 3.05) is 5.73 Å². The summed E-state index contributed by atoms with van der Waals surface area (Å²) in [4.78, 5) is 0. The lowest BCUT2D eigenvalue weighted by Gasteiger charge is -2.09. The summed E-state index contributed by atoms with van der Waals surface area (Å²) in [6.07, 6.45) is 0. The van der Waals surface area contributed by atoms with E-state index in [0.29, 0.717) is 27.2 Å². The van der Waals surface area contributed by atoms with Gasteiger partial charge in [0.2, 0.25) is 0 Å². The summed E-state index contributed by atoms with van der Waals surface area (Å²) in [5.41, 5.74) is 6.36. The highest BCUT2D eigenvalue weighted by atomic mass is 127. The van der Waals surface area contributed by atoms with Gasteiger partial charge in [0.25, 0.3) is 0 Å². The van der Waals surface area contributed by atoms with Crippen molar-refractivity contribution in [2.45, 2.75) is 0 Å². The van der Waals surface area contributed by atoms with Crippen molar-refractivity contribution in [2.24, 2.45) is 0 Å². The molecule has 2 aromatic carbocycles. The number of hydrogen-bond donors (Lipinski definition) is 1. The van der Waals surface area contributed by atoms with Crippen molar-refractivity contribution in [3.05, 3.63) is 50.0 Å². The van der Waals surface area contributed by atoms with E-state index in [1.807, 2.05) is 12.1 Å². The smallest absolute Gasteiger partial charge is 0.146 e. The minimum Gasteiger partial charge on any atom is -0.455 e. The molecule has 0 aliphatic carbocycles. The molecule has 0 spiro atoms. The van der Waals surface area contributed by atoms with E-state index in [9.17, 15) is 0 Å². The topological polar surface area (TPSA) is 35.2 Å². The van der Waals surface area contributed by atoms with Crippen LogP contribution in [0.3, 0.4) is 0 Å². The molecule has 0 fully saturated rings. The van der Waals surface area contributed by atoms with Crippen LogP contribution < -0.4 is 10.5 Å². The van der Waals surface area contributed by atoms with Crippen molar-refractivity contribution in [3.8, 4) is 11.5 Å². The van der Waals surface area contributed by atoms with Gasteiger partial charge in [-0.3, -0.25) is 0 Å². The molecular formula is C12H8Cl2INO. The zero-order valence-corrected chi connectivity index (χ0v) is 12.3. The van der Waals surface area contributed by atoms with Crippen LogP contribution in [0.1, 0.15) is 0 Å². The Hall–Kier alpha value is -0.650. The van der Waals surface area contributed by atoms with Gasteiger partial charge >= 0.3 is 0 Å². The van der Waals surface area contributed by atoms with Gasteiger partial charge in [-0.15, -0.1) is 0 Å². The second kappa shape index (κ2) is 5.33.